The lowest BCUT2D eigenvalue weighted by Gasteiger charge is -2.11. The monoisotopic (exact) mass is 178 g/mol. The number of ether oxygens (including phenoxy) is 1. The Kier molecular flexibility index (Phi) is 2.21. The second kappa shape index (κ2) is 3.36. The Morgan fingerprint density at radius 2 is 2.31 bits per heavy atom. The molecule has 1 aliphatic carbocycles. The molecule has 2 aliphatic rings. The Morgan fingerprint density at radius 3 is 3.00 bits per heavy atom. The largest absolute Gasteiger partial charge is 0.490 e. The third-order valence-corrected chi connectivity index (χ3v) is 2.59. The second-order valence-electron chi connectivity index (χ2n) is 3.56. The Hall–Kier alpha value is -1.05. The van der Waals surface area contributed by atoms with Gasteiger partial charge in [0, 0.05) is 24.8 Å². The van der Waals surface area contributed by atoms with Gasteiger partial charge >= 0.3 is 0 Å². The molecule has 2 rings (SSSR count). The van der Waals surface area contributed by atoms with Crippen molar-refractivity contribution in [1.29, 1.82) is 0 Å². The van der Waals surface area contributed by atoms with Crippen LogP contribution in [0.15, 0.2) is 23.5 Å². The minimum absolute atomic E-state index is 0.122. The molecule has 1 unspecified atom stereocenters. The SMILES string of the molecule is C/C=C/C1CC2=C(CCCC2=O)O1. The fraction of sp³-hybridized carbons (Fsp3) is 0.545. The van der Waals surface area contributed by atoms with Gasteiger partial charge in [0.25, 0.3) is 0 Å². The number of carbonyl (C=O) groups is 1. The van der Waals surface area contributed by atoms with E-state index in [2.05, 4.69) is 0 Å². The molecule has 70 valence electrons. The zero-order valence-corrected chi connectivity index (χ0v) is 7.88. The second-order valence-corrected chi connectivity index (χ2v) is 3.56. The molecule has 0 bridgehead atoms. The van der Waals surface area contributed by atoms with E-state index in [1.54, 1.807) is 0 Å². The van der Waals surface area contributed by atoms with Crippen LogP contribution in [0.1, 0.15) is 32.6 Å². The summed E-state index contributed by atoms with van der Waals surface area (Å²) in [5.41, 5.74) is 0.953. The van der Waals surface area contributed by atoms with Gasteiger partial charge in [0.1, 0.15) is 11.9 Å². The highest BCUT2D eigenvalue weighted by molar-refractivity contribution is 5.97. The molecule has 0 aromatic carbocycles. The lowest BCUT2D eigenvalue weighted by atomic mass is 9.94. The van der Waals surface area contributed by atoms with Crippen molar-refractivity contribution in [3.8, 4) is 0 Å². The van der Waals surface area contributed by atoms with Gasteiger partial charge in [0.05, 0.1) is 0 Å². The molecule has 2 heteroatoms. The van der Waals surface area contributed by atoms with E-state index in [1.165, 1.54) is 0 Å². The molecule has 1 heterocycles. The van der Waals surface area contributed by atoms with Crippen molar-refractivity contribution in [2.24, 2.45) is 0 Å². The van der Waals surface area contributed by atoms with E-state index in [0.717, 1.165) is 30.6 Å². The van der Waals surface area contributed by atoms with Gasteiger partial charge < -0.3 is 4.74 Å². The Bertz CT molecular complexity index is 286. The van der Waals surface area contributed by atoms with Crippen LogP contribution in [-0.4, -0.2) is 11.9 Å². The molecule has 0 aromatic rings. The van der Waals surface area contributed by atoms with Crippen LogP contribution >= 0.6 is 0 Å². The summed E-state index contributed by atoms with van der Waals surface area (Å²) in [7, 11) is 0. The molecule has 0 aromatic heterocycles. The summed E-state index contributed by atoms with van der Waals surface area (Å²) >= 11 is 0. The minimum Gasteiger partial charge on any atom is -0.490 e. The first-order chi connectivity index (χ1) is 6.31. The van der Waals surface area contributed by atoms with Crippen LogP contribution in [0.2, 0.25) is 0 Å². The first kappa shape index (κ1) is 8.54. The molecule has 0 fully saturated rings. The predicted molar refractivity (Wildman–Crippen MR) is 50.2 cm³/mol. The van der Waals surface area contributed by atoms with Crippen molar-refractivity contribution < 1.29 is 9.53 Å². The van der Waals surface area contributed by atoms with E-state index in [1.807, 2.05) is 19.1 Å². The molecular weight excluding hydrogens is 164 g/mol. The summed E-state index contributed by atoms with van der Waals surface area (Å²) in [6.45, 7) is 1.97. The quantitative estimate of drug-likeness (QED) is 0.576. The van der Waals surface area contributed by atoms with Crippen LogP contribution in [0.5, 0.6) is 0 Å². The lowest BCUT2D eigenvalue weighted by Crippen LogP contribution is -2.07. The van der Waals surface area contributed by atoms with E-state index in [9.17, 15) is 4.79 Å². The van der Waals surface area contributed by atoms with E-state index >= 15 is 0 Å². The summed E-state index contributed by atoms with van der Waals surface area (Å²) in [4.78, 5) is 11.5. The van der Waals surface area contributed by atoms with E-state index in [0.29, 0.717) is 12.2 Å². The van der Waals surface area contributed by atoms with Crippen LogP contribution < -0.4 is 0 Å². The van der Waals surface area contributed by atoms with Crippen molar-refractivity contribution in [3.05, 3.63) is 23.5 Å². The van der Waals surface area contributed by atoms with Crippen LogP contribution in [0.25, 0.3) is 0 Å². The Morgan fingerprint density at radius 1 is 1.46 bits per heavy atom. The fourth-order valence-corrected chi connectivity index (χ4v) is 1.97. The van der Waals surface area contributed by atoms with Gasteiger partial charge in [-0.2, -0.15) is 0 Å². The maximum absolute atomic E-state index is 11.5. The highest BCUT2D eigenvalue weighted by atomic mass is 16.5. The fourth-order valence-electron chi connectivity index (χ4n) is 1.97. The first-order valence-corrected chi connectivity index (χ1v) is 4.86. The number of carbonyl (C=O) groups excluding carboxylic acids is 1. The third kappa shape index (κ3) is 1.53. The topological polar surface area (TPSA) is 26.3 Å². The number of rotatable bonds is 1. The van der Waals surface area contributed by atoms with Crippen molar-refractivity contribution in [2.75, 3.05) is 0 Å². The average Bonchev–Trinajstić information content (AvgIpc) is 2.49. The average molecular weight is 178 g/mol. The Balaban J connectivity index is 2.13. The summed E-state index contributed by atoms with van der Waals surface area (Å²) in [6.07, 6.45) is 7.54. The van der Waals surface area contributed by atoms with Gasteiger partial charge in [0.2, 0.25) is 0 Å². The van der Waals surface area contributed by atoms with Gasteiger partial charge in [-0.1, -0.05) is 6.08 Å². The van der Waals surface area contributed by atoms with Crippen LogP contribution in [0.4, 0.5) is 0 Å². The zero-order chi connectivity index (χ0) is 9.26. The van der Waals surface area contributed by atoms with E-state index < -0.39 is 0 Å². The molecule has 1 aliphatic heterocycles. The third-order valence-electron chi connectivity index (χ3n) is 2.59. The Labute approximate surface area is 78.3 Å². The normalized spacial score (nSPS) is 28.1. The van der Waals surface area contributed by atoms with Gasteiger partial charge in [-0.15, -0.1) is 0 Å². The van der Waals surface area contributed by atoms with Crippen molar-refractivity contribution >= 4 is 5.78 Å². The summed E-state index contributed by atoms with van der Waals surface area (Å²) in [5.74, 6) is 1.26. The number of hydrogen-bond acceptors (Lipinski definition) is 2. The molecule has 13 heavy (non-hydrogen) atoms. The van der Waals surface area contributed by atoms with Gasteiger partial charge in [0.15, 0.2) is 5.78 Å². The van der Waals surface area contributed by atoms with Crippen LogP contribution in [0.3, 0.4) is 0 Å². The molecular formula is C11H14O2. The zero-order valence-electron chi connectivity index (χ0n) is 7.88. The highest BCUT2D eigenvalue weighted by Crippen LogP contribution is 2.34. The summed E-state index contributed by atoms with van der Waals surface area (Å²) in [5, 5.41) is 0. The molecule has 1 atom stereocenters. The number of ketones is 1. The smallest absolute Gasteiger partial charge is 0.162 e. The standard InChI is InChI=1S/C11H14O2/c1-2-4-8-7-9-10(12)5-3-6-11(9)13-8/h2,4,8H,3,5-7H2,1H3/b4-2+. The molecule has 2 nitrogen and oxygen atoms in total. The molecule has 0 amide bonds. The molecule has 0 spiro atoms. The maximum atomic E-state index is 11.5. The summed E-state index contributed by atoms with van der Waals surface area (Å²) < 4.78 is 5.65. The molecule has 0 radical (unpaired) electrons. The molecule has 0 N–H and O–H groups in total. The van der Waals surface area contributed by atoms with E-state index in [-0.39, 0.29) is 6.10 Å². The number of hydrogen-bond donors (Lipinski definition) is 0. The van der Waals surface area contributed by atoms with Crippen molar-refractivity contribution in [3.63, 3.8) is 0 Å². The molecule has 0 saturated carbocycles. The first-order valence-electron chi connectivity index (χ1n) is 4.86. The van der Waals surface area contributed by atoms with Crippen LogP contribution in [-0.2, 0) is 9.53 Å². The lowest BCUT2D eigenvalue weighted by molar-refractivity contribution is -0.116. The number of Topliss-reactive ketones (excluding diaryl/α,β-unsaturated/α-hetero) is 1. The van der Waals surface area contributed by atoms with E-state index in [4.69, 9.17) is 4.74 Å². The maximum Gasteiger partial charge on any atom is 0.162 e. The predicted octanol–water partition coefficient (Wildman–Crippen LogP) is 2.36. The van der Waals surface area contributed by atoms with Crippen molar-refractivity contribution in [1.82, 2.24) is 0 Å². The minimum atomic E-state index is 0.122. The van der Waals surface area contributed by atoms with Gasteiger partial charge in [-0.25, -0.2) is 0 Å². The van der Waals surface area contributed by atoms with Gasteiger partial charge in [-0.05, 0) is 19.4 Å². The summed E-state index contributed by atoms with van der Waals surface area (Å²) in [6, 6.07) is 0. The highest BCUT2D eigenvalue weighted by Gasteiger charge is 2.30. The van der Waals surface area contributed by atoms with Gasteiger partial charge in [-0.3, -0.25) is 4.79 Å². The van der Waals surface area contributed by atoms with Crippen LogP contribution in [0, 0.1) is 0 Å². The van der Waals surface area contributed by atoms with Crippen molar-refractivity contribution in [2.45, 2.75) is 38.7 Å². The molecule has 0 saturated heterocycles. The number of allylic oxidation sites excluding steroid dienone is 2.